The third-order valence-electron chi connectivity index (χ3n) is 10.5. The normalized spacial score (nSPS) is 49.3. The number of aliphatic hydroxyl groups is 1. The highest BCUT2D eigenvalue weighted by Gasteiger charge is 2.67. The van der Waals surface area contributed by atoms with Crippen LogP contribution in [-0.4, -0.2) is 53.0 Å². The summed E-state index contributed by atoms with van der Waals surface area (Å²) in [6.07, 6.45) is 8.41. The molecular formula is C27H38F2O6. The van der Waals surface area contributed by atoms with Crippen LogP contribution in [0, 0.1) is 35.0 Å². The minimum absolute atomic E-state index is 0.0314. The van der Waals surface area contributed by atoms with Crippen LogP contribution in [0.3, 0.4) is 0 Å². The Labute approximate surface area is 205 Å². The zero-order valence-electron chi connectivity index (χ0n) is 20.8. The Morgan fingerprint density at radius 2 is 1.60 bits per heavy atom. The Kier molecular flexibility index (Phi) is 5.24. The van der Waals surface area contributed by atoms with Crippen LogP contribution in [-0.2, 0) is 23.8 Å². The molecule has 0 aromatic heterocycles. The Bertz CT molecular complexity index is 888. The van der Waals surface area contributed by atoms with Crippen molar-refractivity contribution in [3.8, 4) is 0 Å². The van der Waals surface area contributed by atoms with Crippen molar-refractivity contribution in [1.82, 2.24) is 0 Å². The monoisotopic (exact) mass is 496 g/mol. The lowest BCUT2D eigenvalue weighted by molar-refractivity contribution is -0.257. The van der Waals surface area contributed by atoms with Crippen molar-refractivity contribution in [2.24, 2.45) is 35.0 Å². The first-order valence-electron chi connectivity index (χ1n) is 13.4. The molecule has 8 aliphatic rings. The molecule has 4 atom stereocenters. The van der Waals surface area contributed by atoms with Crippen LogP contribution < -0.4 is 0 Å². The molecule has 35 heavy (non-hydrogen) atoms. The predicted octanol–water partition coefficient (Wildman–Crippen LogP) is 4.41. The van der Waals surface area contributed by atoms with Crippen molar-refractivity contribution in [3.63, 3.8) is 0 Å². The molecule has 0 aromatic carbocycles. The quantitative estimate of drug-likeness (QED) is 0.526. The van der Waals surface area contributed by atoms with E-state index in [4.69, 9.17) is 14.2 Å². The highest BCUT2D eigenvalue weighted by atomic mass is 19.3. The van der Waals surface area contributed by atoms with Gasteiger partial charge < -0.3 is 19.3 Å². The maximum absolute atomic E-state index is 13.3. The predicted molar refractivity (Wildman–Crippen MR) is 120 cm³/mol. The summed E-state index contributed by atoms with van der Waals surface area (Å²) < 4.78 is 44.1. The van der Waals surface area contributed by atoms with Crippen molar-refractivity contribution < 1.29 is 37.7 Å². The molecule has 0 heterocycles. The molecule has 8 heteroatoms. The van der Waals surface area contributed by atoms with Gasteiger partial charge in [-0.3, -0.25) is 4.79 Å². The molecule has 8 bridgehead atoms. The van der Waals surface area contributed by atoms with Gasteiger partial charge in [0, 0.05) is 13.3 Å². The first-order valence-corrected chi connectivity index (χ1v) is 13.4. The van der Waals surface area contributed by atoms with E-state index in [1.54, 1.807) is 0 Å². The number of carbonyl (C=O) groups is 2. The van der Waals surface area contributed by atoms with Gasteiger partial charge >= 0.3 is 11.9 Å². The number of hydrogen-bond acceptors (Lipinski definition) is 6. The van der Waals surface area contributed by atoms with E-state index < -0.39 is 40.7 Å². The highest BCUT2D eigenvalue weighted by Crippen LogP contribution is 2.65. The fourth-order valence-corrected chi connectivity index (χ4v) is 9.81. The maximum Gasteiger partial charge on any atom is 0.332 e. The van der Waals surface area contributed by atoms with Crippen molar-refractivity contribution in [3.05, 3.63) is 0 Å². The minimum atomic E-state index is -3.11. The standard InChI is InChI=1S/C27H38F2O6/c1-23(28,29)15-33-22(31)25-8-18-9-26(32,12-25)14-27(10-18,13-25)34-11-21(30)35-24(2)19-4-16-3-17(6-19)7-20(24)5-16/h16-20,32H,3-15H2,1-2H3. The highest BCUT2D eigenvalue weighted by molar-refractivity contribution is 5.78. The number of hydrogen-bond donors (Lipinski definition) is 1. The lowest BCUT2D eigenvalue weighted by Crippen LogP contribution is -2.66. The van der Waals surface area contributed by atoms with Gasteiger partial charge in [-0.25, -0.2) is 13.6 Å². The van der Waals surface area contributed by atoms with Crippen LogP contribution in [0.5, 0.6) is 0 Å². The Hall–Kier alpha value is -1.28. The average Bonchev–Trinajstić information content (AvgIpc) is 2.72. The van der Waals surface area contributed by atoms with Crippen LogP contribution in [0.25, 0.3) is 0 Å². The molecule has 8 aliphatic carbocycles. The van der Waals surface area contributed by atoms with Gasteiger partial charge in [0.05, 0.1) is 16.6 Å². The van der Waals surface area contributed by atoms with Crippen LogP contribution in [0.4, 0.5) is 8.78 Å². The molecule has 8 rings (SSSR count). The molecule has 0 aliphatic heterocycles. The van der Waals surface area contributed by atoms with E-state index in [1.165, 1.54) is 6.42 Å². The van der Waals surface area contributed by atoms with E-state index in [-0.39, 0.29) is 31.3 Å². The molecule has 8 saturated carbocycles. The summed E-state index contributed by atoms with van der Waals surface area (Å²) >= 11 is 0. The summed E-state index contributed by atoms with van der Waals surface area (Å²) in [6, 6.07) is 0. The average molecular weight is 497 g/mol. The lowest BCUT2D eigenvalue weighted by Gasteiger charge is -2.63. The van der Waals surface area contributed by atoms with Crippen LogP contribution in [0.2, 0.25) is 0 Å². The Morgan fingerprint density at radius 3 is 2.20 bits per heavy atom. The first kappa shape index (κ1) is 24.1. The van der Waals surface area contributed by atoms with Crippen LogP contribution in [0.1, 0.15) is 84.5 Å². The third kappa shape index (κ3) is 4.11. The molecular weight excluding hydrogens is 458 g/mol. The second kappa shape index (κ2) is 7.62. The molecule has 0 aromatic rings. The Morgan fingerprint density at radius 1 is 0.943 bits per heavy atom. The molecule has 0 spiro atoms. The zero-order chi connectivity index (χ0) is 24.9. The van der Waals surface area contributed by atoms with Crippen molar-refractivity contribution >= 4 is 11.9 Å². The summed E-state index contributed by atoms with van der Waals surface area (Å²) in [6.45, 7) is 1.62. The van der Waals surface area contributed by atoms with E-state index in [0.717, 1.165) is 37.5 Å². The van der Waals surface area contributed by atoms with Crippen molar-refractivity contribution in [1.29, 1.82) is 0 Å². The number of alkyl halides is 2. The van der Waals surface area contributed by atoms with E-state index in [2.05, 4.69) is 6.92 Å². The smallest absolute Gasteiger partial charge is 0.332 e. The van der Waals surface area contributed by atoms with E-state index in [0.29, 0.717) is 44.4 Å². The molecule has 196 valence electrons. The SMILES string of the molecule is CC(F)(F)COC(=O)C12CC3CC(O)(CC(OCC(=O)OC4(C)C5CC6CC(C5)CC4C6)(C3)C1)C2. The molecule has 6 nitrogen and oxygen atoms in total. The third-order valence-corrected chi connectivity index (χ3v) is 10.5. The van der Waals surface area contributed by atoms with E-state index >= 15 is 0 Å². The van der Waals surface area contributed by atoms with E-state index in [9.17, 15) is 23.5 Å². The molecule has 1 N–H and O–H groups in total. The maximum atomic E-state index is 13.3. The van der Waals surface area contributed by atoms with E-state index in [1.807, 2.05) is 0 Å². The summed E-state index contributed by atoms with van der Waals surface area (Å²) in [4.78, 5) is 26.1. The first-order chi connectivity index (χ1) is 16.3. The van der Waals surface area contributed by atoms with Gasteiger partial charge in [0.15, 0.2) is 6.61 Å². The van der Waals surface area contributed by atoms with Crippen LogP contribution in [0.15, 0.2) is 0 Å². The summed E-state index contributed by atoms with van der Waals surface area (Å²) in [5, 5.41) is 11.3. The molecule has 0 saturated heterocycles. The van der Waals surface area contributed by atoms with Gasteiger partial charge in [-0.1, -0.05) is 0 Å². The number of halogens is 2. The minimum Gasteiger partial charge on any atom is -0.459 e. The number of carbonyl (C=O) groups excluding carboxylic acids is 2. The Balaban J connectivity index is 1.13. The van der Waals surface area contributed by atoms with Crippen LogP contribution >= 0.6 is 0 Å². The zero-order valence-corrected chi connectivity index (χ0v) is 20.8. The van der Waals surface area contributed by atoms with Gasteiger partial charge in [0.25, 0.3) is 5.92 Å². The molecule has 0 amide bonds. The van der Waals surface area contributed by atoms with Gasteiger partial charge in [-0.05, 0) is 101 Å². The topological polar surface area (TPSA) is 82.1 Å². The fourth-order valence-electron chi connectivity index (χ4n) is 9.81. The number of rotatable bonds is 7. The van der Waals surface area contributed by atoms with Gasteiger partial charge in [0.1, 0.15) is 12.2 Å². The summed E-state index contributed by atoms with van der Waals surface area (Å²) in [7, 11) is 0. The van der Waals surface area contributed by atoms with Crippen molar-refractivity contribution in [2.45, 2.75) is 107 Å². The lowest BCUT2D eigenvalue weighted by atomic mass is 9.46. The summed E-state index contributed by atoms with van der Waals surface area (Å²) in [5.74, 6) is -1.77. The molecule has 0 radical (unpaired) electrons. The second-order valence-corrected chi connectivity index (χ2v) is 13.6. The number of esters is 2. The largest absolute Gasteiger partial charge is 0.459 e. The van der Waals surface area contributed by atoms with Gasteiger partial charge in [-0.2, -0.15) is 0 Å². The second-order valence-electron chi connectivity index (χ2n) is 13.6. The van der Waals surface area contributed by atoms with Gasteiger partial charge in [0.2, 0.25) is 0 Å². The number of ether oxygens (including phenoxy) is 3. The molecule has 8 fully saturated rings. The fraction of sp³-hybridized carbons (Fsp3) is 0.926. The molecule has 4 unspecified atom stereocenters. The van der Waals surface area contributed by atoms with Crippen molar-refractivity contribution in [2.75, 3.05) is 13.2 Å². The summed E-state index contributed by atoms with van der Waals surface area (Å²) in [5.41, 5.74) is -3.43. The van der Waals surface area contributed by atoms with Gasteiger partial charge in [-0.15, -0.1) is 0 Å².